The number of likely N-dealkylation sites (tertiary alicyclic amines) is 1. The molecule has 1 fully saturated rings. The Morgan fingerprint density at radius 3 is 2.93 bits per heavy atom. The van der Waals surface area contributed by atoms with Gasteiger partial charge in [0.25, 0.3) is 0 Å². The molecule has 1 unspecified atom stereocenters. The van der Waals surface area contributed by atoms with Gasteiger partial charge >= 0.3 is 0 Å². The largest absolute Gasteiger partial charge is 0.470 e. The molecule has 0 bridgehead atoms. The van der Waals surface area contributed by atoms with Crippen molar-refractivity contribution in [3.05, 3.63) is 66.4 Å². The van der Waals surface area contributed by atoms with Crippen molar-refractivity contribution in [3.63, 3.8) is 0 Å². The van der Waals surface area contributed by atoms with Crippen molar-refractivity contribution >= 4 is 5.91 Å². The third-order valence-corrected chi connectivity index (χ3v) is 5.05. The Morgan fingerprint density at radius 1 is 1.21 bits per heavy atom. The Bertz CT molecular complexity index is 915. The summed E-state index contributed by atoms with van der Waals surface area (Å²) in [7, 11) is 0. The van der Waals surface area contributed by atoms with Crippen molar-refractivity contribution in [2.75, 3.05) is 13.1 Å². The molecule has 29 heavy (non-hydrogen) atoms. The molecule has 2 aromatic heterocycles. The van der Waals surface area contributed by atoms with Crippen LogP contribution >= 0.6 is 0 Å². The Hall–Kier alpha value is -3.29. The summed E-state index contributed by atoms with van der Waals surface area (Å²) in [6.07, 6.45) is 9.88. The van der Waals surface area contributed by atoms with Crippen molar-refractivity contribution in [1.29, 1.82) is 0 Å². The van der Waals surface area contributed by atoms with Crippen LogP contribution in [0.15, 0.2) is 55.1 Å². The summed E-state index contributed by atoms with van der Waals surface area (Å²) in [6.45, 7) is 1.73. The summed E-state index contributed by atoms with van der Waals surface area (Å²) in [5.41, 5.74) is 2.00. The number of nitrogens with zero attached hydrogens (tertiary/aromatic N) is 6. The highest BCUT2D eigenvalue weighted by Gasteiger charge is 2.27. The maximum absolute atomic E-state index is 12.5. The number of amides is 1. The molecule has 150 valence electrons. The first kappa shape index (κ1) is 19.0. The van der Waals surface area contributed by atoms with Crippen LogP contribution in [0, 0.1) is 0 Å². The lowest BCUT2D eigenvalue weighted by molar-refractivity contribution is -0.130. The number of aromatic nitrogens is 5. The maximum atomic E-state index is 12.5. The second-order valence-electron chi connectivity index (χ2n) is 7.14. The van der Waals surface area contributed by atoms with Crippen LogP contribution in [0.4, 0.5) is 0 Å². The molecule has 8 nitrogen and oxygen atoms in total. The summed E-state index contributed by atoms with van der Waals surface area (Å²) in [5, 5.41) is 8.38. The van der Waals surface area contributed by atoms with Crippen LogP contribution in [-0.4, -0.2) is 48.9 Å². The molecule has 1 aliphatic rings. The van der Waals surface area contributed by atoms with Gasteiger partial charge in [0.2, 0.25) is 11.8 Å². The molecule has 3 aromatic rings. The van der Waals surface area contributed by atoms with Gasteiger partial charge in [-0.15, -0.1) is 5.10 Å². The van der Waals surface area contributed by atoms with E-state index in [0.717, 1.165) is 31.5 Å². The third kappa shape index (κ3) is 5.16. The fourth-order valence-corrected chi connectivity index (χ4v) is 3.50. The van der Waals surface area contributed by atoms with Crippen LogP contribution in [-0.2, 0) is 17.8 Å². The van der Waals surface area contributed by atoms with Gasteiger partial charge in [-0.25, -0.2) is 9.67 Å². The Morgan fingerprint density at radius 2 is 2.10 bits per heavy atom. The fourth-order valence-electron chi connectivity index (χ4n) is 3.50. The van der Waals surface area contributed by atoms with Crippen molar-refractivity contribution in [2.24, 2.45) is 0 Å². The lowest BCUT2D eigenvalue weighted by Crippen LogP contribution is -2.29. The minimum atomic E-state index is 0.158. The fraction of sp³-hybridized carbons (Fsp3) is 0.381. The molecular formula is C21H24N6O2. The van der Waals surface area contributed by atoms with E-state index in [0.29, 0.717) is 18.8 Å². The summed E-state index contributed by atoms with van der Waals surface area (Å²) in [5.74, 6) is 0.671. The molecule has 1 saturated heterocycles. The average molecular weight is 392 g/mol. The topological polar surface area (TPSA) is 86.0 Å². The molecule has 8 heteroatoms. The first-order valence-corrected chi connectivity index (χ1v) is 9.89. The van der Waals surface area contributed by atoms with Crippen LogP contribution in [0.1, 0.15) is 36.6 Å². The van der Waals surface area contributed by atoms with Crippen molar-refractivity contribution in [2.45, 2.75) is 38.3 Å². The Kier molecular flexibility index (Phi) is 6.09. The van der Waals surface area contributed by atoms with Gasteiger partial charge in [-0.3, -0.25) is 9.78 Å². The zero-order valence-corrected chi connectivity index (χ0v) is 16.2. The predicted octanol–water partition coefficient (Wildman–Crippen LogP) is 2.44. The van der Waals surface area contributed by atoms with Gasteiger partial charge < -0.3 is 9.64 Å². The van der Waals surface area contributed by atoms with E-state index in [-0.39, 0.29) is 18.6 Å². The van der Waals surface area contributed by atoms with E-state index in [9.17, 15) is 4.79 Å². The highest BCUT2D eigenvalue weighted by atomic mass is 16.5. The predicted molar refractivity (Wildman–Crippen MR) is 106 cm³/mol. The smallest absolute Gasteiger partial charge is 0.232 e. The van der Waals surface area contributed by atoms with Gasteiger partial charge in [0.15, 0.2) is 0 Å². The van der Waals surface area contributed by atoms with E-state index in [4.69, 9.17) is 4.74 Å². The summed E-state index contributed by atoms with van der Waals surface area (Å²) in [4.78, 5) is 22.5. The standard InChI is InChI=1S/C21H24N6O2/c28-21(8-4-7-17-5-2-1-3-6-17)26-12-9-19(15-26)27-14-18(24-25-27)16-29-20-13-22-10-11-23-20/h1-3,5-6,10-11,13-14,19H,4,7-9,12,15-16H2. The van der Waals surface area contributed by atoms with Gasteiger partial charge in [-0.1, -0.05) is 35.5 Å². The first-order valence-electron chi connectivity index (χ1n) is 9.89. The molecule has 0 radical (unpaired) electrons. The second-order valence-corrected chi connectivity index (χ2v) is 7.14. The van der Waals surface area contributed by atoms with E-state index >= 15 is 0 Å². The molecule has 3 heterocycles. The minimum Gasteiger partial charge on any atom is -0.470 e. The average Bonchev–Trinajstić information content (AvgIpc) is 3.43. The number of benzene rings is 1. The normalized spacial score (nSPS) is 16.1. The van der Waals surface area contributed by atoms with Crippen molar-refractivity contribution < 1.29 is 9.53 Å². The summed E-state index contributed by atoms with van der Waals surface area (Å²) >= 11 is 0. The SMILES string of the molecule is O=C(CCCc1ccccc1)N1CCC(n2cc(COc3cnccn3)nn2)C1. The zero-order chi connectivity index (χ0) is 19.9. The number of carbonyl (C=O) groups is 1. The number of ether oxygens (including phenoxy) is 1. The highest BCUT2D eigenvalue weighted by molar-refractivity contribution is 5.76. The van der Waals surface area contributed by atoms with Crippen LogP contribution in [0.2, 0.25) is 0 Å². The Labute approximate surface area is 169 Å². The molecule has 0 N–H and O–H groups in total. The van der Waals surface area contributed by atoms with Gasteiger partial charge in [0.1, 0.15) is 12.3 Å². The lowest BCUT2D eigenvalue weighted by Gasteiger charge is -2.16. The first-order chi connectivity index (χ1) is 14.3. The van der Waals surface area contributed by atoms with E-state index in [1.807, 2.05) is 34.0 Å². The van der Waals surface area contributed by atoms with E-state index in [2.05, 4.69) is 32.4 Å². The molecule has 1 aliphatic heterocycles. The number of hydrogen-bond acceptors (Lipinski definition) is 6. The van der Waals surface area contributed by atoms with Crippen molar-refractivity contribution in [3.8, 4) is 5.88 Å². The molecule has 1 aromatic carbocycles. The van der Waals surface area contributed by atoms with Crippen molar-refractivity contribution in [1.82, 2.24) is 29.9 Å². The number of hydrogen-bond donors (Lipinski definition) is 0. The summed E-state index contributed by atoms with van der Waals surface area (Å²) in [6, 6.07) is 10.4. The molecule has 1 atom stereocenters. The Balaban J connectivity index is 1.23. The zero-order valence-electron chi connectivity index (χ0n) is 16.2. The molecule has 0 spiro atoms. The molecule has 0 saturated carbocycles. The summed E-state index contributed by atoms with van der Waals surface area (Å²) < 4.78 is 7.39. The van der Waals surface area contributed by atoms with Gasteiger partial charge in [0, 0.05) is 31.9 Å². The molecular weight excluding hydrogens is 368 g/mol. The number of aryl methyl sites for hydroxylation is 1. The number of carbonyl (C=O) groups excluding carboxylic acids is 1. The van der Waals surface area contributed by atoms with Crippen LogP contribution in [0.25, 0.3) is 0 Å². The van der Waals surface area contributed by atoms with E-state index in [1.54, 1.807) is 18.6 Å². The van der Waals surface area contributed by atoms with E-state index in [1.165, 1.54) is 5.56 Å². The lowest BCUT2D eigenvalue weighted by atomic mass is 10.1. The van der Waals surface area contributed by atoms with Crippen LogP contribution < -0.4 is 4.74 Å². The molecule has 1 amide bonds. The van der Waals surface area contributed by atoms with Gasteiger partial charge in [-0.2, -0.15) is 0 Å². The number of rotatable bonds is 8. The third-order valence-electron chi connectivity index (χ3n) is 5.05. The maximum Gasteiger partial charge on any atom is 0.232 e. The minimum absolute atomic E-state index is 0.158. The van der Waals surface area contributed by atoms with Crippen LogP contribution in [0.5, 0.6) is 5.88 Å². The van der Waals surface area contributed by atoms with Crippen LogP contribution in [0.3, 0.4) is 0 Å². The van der Waals surface area contributed by atoms with Gasteiger partial charge in [-0.05, 0) is 24.8 Å². The quantitative estimate of drug-likeness (QED) is 0.585. The monoisotopic (exact) mass is 392 g/mol. The second kappa shape index (κ2) is 9.27. The molecule has 4 rings (SSSR count). The van der Waals surface area contributed by atoms with Gasteiger partial charge in [0.05, 0.1) is 18.4 Å². The molecule has 0 aliphatic carbocycles. The highest BCUT2D eigenvalue weighted by Crippen LogP contribution is 2.22. The van der Waals surface area contributed by atoms with E-state index < -0.39 is 0 Å².